The number of nitrogens with one attached hydrogen (secondary N) is 1. The van der Waals surface area contributed by atoms with Crippen molar-refractivity contribution in [1.82, 2.24) is 9.97 Å². The summed E-state index contributed by atoms with van der Waals surface area (Å²) in [6.45, 7) is 6.27. The molecule has 3 heteroatoms. The number of anilines is 1. The molecule has 0 bridgehead atoms. The molecular formula is C14H17N3. The van der Waals surface area contributed by atoms with Gasteiger partial charge in [0.25, 0.3) is 0 Å². The summed E-state index contributed by atoms with van der Waals surface area (Å²) in [6, 6.07) is 6.41. The largest absolute Gasteiger partial charge is 0.373 e. The van der Waals surface area contributed by atoms with Crippen LogP contribution in [0.25, 0.3) is 11.3 Å². The number of nitrogens with zero attached hydrogens (tertiary/aromatic N) is 2. The number of rotatable bonds is 2. The van der Waals surface area contributed by atoms with Gasteiger partial charge < -0.3 is 5.32 Å². The minimum absolute atomic E-state index is 0.883. The molecule has 2 aromatic rings. The molecule has 0 saturated heterocycles. The summed E-state index contributed by atoms with van der Waals surface area (Å²) in [7, 11) is 1.87. The van der Waals surface area contributed by atoms with Gasteiger partial charge in [0.1, 0.15) is 12.1 Å². The molecule has 0 fully saturated rings. The van der Waals surface area contributed by atoms with Gasteiger partial charge in [-0.2, -0.15) is 0 Å². The van der Waals surface area contributed by atoms with Crippen molar-refractivity contribution in [3.8, 4) is 11.3 Å². The van der Waals surface area contributed by atoms with Crippen molar-refractivity contribution >= 4 is 5.82 Å². The summed E-state index contributed by atoms with van der Waals surface area (Å²) >= 11 is 0. The molecule has 0 aliphatic carbocycles. The van der Waals surface area contributed by atoms with Crippen LogP contribution >= 0.6 is 0 Å². The molecule has 0 atom stereocenters. The van der Waals surface area contributed by atoms with Crippen LogP contribution < -0.4 is 5.32 Å². The van der Waals surface area contributed by atoms with Gasteiger partial charge in [0.2, 0.25) is 0 Å². The predicted molar refractivity (Wildman–Crippen MR) is 71.2 cm³/mol. The number of hydrogen-bond acceptors (Lipinski definition) is 3. The van der Waals surface area contributed by atoms with E-state index in [1.807, 2.05) is 14.0 Å². The Balaban J connectivity index is 2.56. The summed E-state index contributed by atoms with van der Waals surface area (Å²) in [5.74, 6) is 0.883. The number of aryl methyl sites for hydroxylation is 2. The van der Waals surface area contributed by atoms with E-state index in [0.29, 0.717) is 0 Å². The topological polar surface area (TPSA) is 37.8 Å². The molecule has 3 nitrogen and oxygen atoms in total. The molecule has 1 N–H and O–H groups in total. The fourth-order valence-electron chi connectivity index (χ4n) is 1.88. The molecule has 0 saturated carbocycles. The van der Waals surface area contributed by atoms with Crippen LogP contribution in [0.15, 0.2) is 24.5 Å². The van der Waals surface area contributed by atoms with Gasteiger partial charge in [0.05, 0.1) is 5.69 Å². The van der Waals surface area contributed by atoms with E-state index in [1.165, 1.54) is 11.1 Å². The molecule has 0 unspecified atom stereocenters. The van der Waals surface area contributed by atoms with Gasteiger partial charge in [-0.1, -0.05) is 12.1 Å². The first-order valence-corrected chi connectivity index (χ1v) is 5.70. The second-order valence-corrected chi connectivity index (χ2v) is 4.24. The maximum atomic E-state index is 4.38. The van der Waals surface area contributed by atoms with Crippen LogP contribution in [0.1, 0.15) is 16.7 Å². The Labute approximate surface area is 102 Å². The van der Waals surface area contributed by atoms with E-state index in [9.17, 15) is 0 Å². The van der Waals surface area contributed by atoms with Gasteiger partial charge in [-0.15, -0.1) is 0 Å². The summed E-state index contributed by atoms with van der Waals surface area (Å²) < 4.78 is 0. The third-order valence-electron chi connectivity index (χ3n) is 3.10. The van der Waals surface area contributed by atoms with E-state index < -0.39 is 0 Å². The van der Waals surface area contributed by atoms with Gasteiger partial charge in [-0.05, 0) is 38.0 Å². The van der Waals surface area contributed by atoms with Crippen molar-refractivity contribution in [3.63, 3.8) is 0 Å². The molecule has 0 radical (unpaired) electrons. The highest BCUT2D eigenvalue weighted by Gasteiger charge is 2.08. The molecule has 0 amide bonds. The van der Waals surface area contributed by atoms with Crippen LogP contribution in [0, 0.1) is 20.8 Å². The third-order valence-corrected chi connectivity index (χ3v) is 3.10. The normalized spacial score (nSPS) is 10.4. The Kier molecular flexibility index (Phi) is 3.09. The maximum Gasteiger partial charge on any atom is 0.132 e. The lowest BCUT2D eigenvalue weighted by atomic mass is 10.0. The van der Waals surface area contributed by atoms with Crippen molar-refractivity contribution in [1.29, 1.82) is 0 Å². The number of benzene rings is 1. The van der Waals surface area contributed by atoms with Gasteiger partial charge in [0.15, 0.2) is 0 Å². The second-order valence-electron chi connectivity index (χ2n) is 4.24. The third kappa shape index (κ3) is 2.13. The van der Waals surface area contributed by atoms with Crippen molar-refractivity contribution in [2.24, 2.45) is 0 Å². The van der Waals surface area contributed by atoms with Gasteiger partial charge >= 0.3 is 0 Å². The molecule has 0 aliphatic heterocycles. The van der Waals surface area contributed by atoms with Crippen molar-refractivity contribution in [2.75, 3.05) is 12.4 Å². The molecular weight excluding hydrogens is 210 g/mol. The SMILES string of the molecule is CNc1ncnc(-c2ccc(C)c(C)c2)c1C. The molecule has 1 aromatic heterocycles. The molecule has 0 aliphatic rings. The van der Waals surface area contributed by atoms with Crippen molar-refractivity contribution in [3.05, 3.63) is 41.2 Å². The first kappa shape index (κ1) is 11.6. The Hall–Kier alpha value is -1.90. The smallest absolute Gasteiger partial charge is 0.132 e. The highest BCUT2D eigenvalue weighted by atomic mass is 15.0. The minimum atomic E-state index is 0.883. The number of hydrogen-bond donors (Lipinski definition) is 1. The average Bonchev–Trinajstić information content (AvgIpc) is 2.33. The lowest BCUT2D eigenvalue weighted by Crippen LogP contribution is -1.99. The highest BCUT2D eigenvalue weighted by Crippen LogP contribution is 2.25. The zero-order chi connectivity index (χ0) is 12.4. The van der Waals surface area contributed by atoms with Gasteiger partial charge in [-0.3, -0.25) is 0 Å². The number of aromatic nitrogens is 2. The van der Waals surface area contributed by atoms with E-state index >= 15 is 0 Å². The first-order valence-electron chi connectivity index (χ1n) is 5.70. The fraction of sp³-hybridized carbons (Fsp3) is 0.286. The lowest BCUT2D eigenvalue weighted by molar-refractivity contribution is 1.13. The van der Waals surface area contributed by atoms with Crippen LogP contribution in [-0.2, 0) is 0 Å². The van der Waals surface area contributed by atoms with Crippen LogP contribution in [0.2, 0.25) is 0 Å². The molecule has 2 rings (SSSR count). The van der Waals surface area contributed by atoms with Crippen molar-refractivity contribution < 1.29 is 0 Å². The minimum Gasteiger partial charge on any atom is -0.373 e. The summed E-state index contributed by atoms with van der Waals surface area (Å²) in [5.41, 5.74) is 5.80. The van der Waals surface area contributed by atoms with Crippen LogP contribution in [0.3, 0.4) is 0 Å². The van der Waals surface area contributed by atoms with E-state index in [4.69, 9.17) is 0 Å². The zero-order valence-corrected chi connectivity index (χ0v) is 10.7. The van der Waals surface area contributed by atoms with Crippen LogP contribution in [0.5, 0.6) is 0 Å². The Morgan fingerprint density at radius 2 is 1.76 bits per heavy atom. The molecule has 0 spiro atoms. The van der Waals surface area contributed by atoms with E-state index in [2.05, 4.69) is 47.3 Å². The first-order chi connectivity index (χ1) is 8.13. The monoisotopic (exact) mass is 227 g/mol. The summed E-state index contributed by atoms with van der Waals surface area (Å²) in [6.07, 6.45) is 1.60. The second kappa shape index (κ2) is 4.53. The fourth-order valence-corrected chi connectivity index (χ4v) is 1.88. The molecule has 1 aromatic carbocycles. The molecule has 17 heavy (non-hydrogen) atoms. The predicted octanol–water partition coefficient (Wildman–Crippen LogP) is 3.11. The zero-order valence-electron chi connectivity index (χ0n) is 10.7. The van der Waals surface area contributed by atoms with E-state index in [-0.39, 0.29) is 0 Å². The standard InChI is InChI=1S/C14H17N3/c1-9-5-6-12(7-10(9)2)13-11(3)14(15-4)17-8-16-13/h5-8H,1-4H3,(H,15,16,17). The Bertz CT molecular complexity index is 547. The van der Waals surface area contributed by atoms with Gasteiger partial charge in [0, 0.05) is 18.2 Å². The summed E-state index contributed by atoms with van der Waals surface area (Å²) in [5, 5.41) is 3.08. The molecule has 1 heterocycles. The van der Waals surface area contributed by atoms with Crippen molar-refractivity contribution in [2.45, 2.75) is 20.8 Å². The van der Waals surface area contributed by atoms with Gasteiger partial charge in [-0.25, -0.2) is 9.97 Å². The Morgan fingerprint density at radius 1 is 1.00 bits per heavy atom. The summed E-state index contributed by atoms with van der Waals surface area (Å²) in [4.78, 5) is 8.58. The quantitative estimate of drug-likeness (QED) is 0.856. The van der Waals surface area contributed by atoms with E-state index in [0.717, 1.165) is 22.6 Å². The lowest BCUT2D eigenvalue weighted by Gasteiger charge is -2.10. The highest BCUT2D eigenvalue weighted by molar-refractivity contribution is 5.68. The Morgan fingerprint density at radius 3 is 2.41 bits per heavy atom. The van der Waals surface area contributed by atoms with E-state index in [1.54, 1.807) is 6.33 Å². The van der Waals surface area contributed by atoms with Crippen LogP contribution in [-0.4, -0.2) is 17.0 Å². The average molecular weight is 227 g/mol. The van der Waals surface area contributed by atoms with Crippen LogP contribution in [0.4, 0.5) is 5.82 Å². The maximum absolute atomic E-state index is 4.38. The molecule has 88 valence electrons.